The summed E-state index contributed by atoms with van der Waals surface area (Å²) in [6, 6.07) is 1.04. The summed E-state index contributed by atoms with van der Waals surface area (Å²) in [6.07, 6.45) is 5.00. The Balaban J connectivity index is 2.08. The molecule has 0 aromatic rings. The molecule has 1 fully saturated rings. The maximum absolute atomic E-state index is 8.83. The van der Waals surface area contributed by atoms with Crippen LogP contribution >= 0.6 is 0 Å². The van der Waals surface area contributed by atoms with Crippen molar-refractivity contribution in [2.45, 2.75) is 44.7 Å². The van der Waals surface area contributed by atoms with E-state index in [2.05, 4.69) is 12.2 Å². The lowest BCUT2D eigenvalue weighted by molar-refractivity contribution is 0.204. The van der Waals surface area contributed by atoms with E-state index in [9.17, 15) is 0 Å². The summed E-state index contributed by atoms with van der Waals surface area (Å²) in [7, 11) is 0. The van der Waals surface area contributed by atoms with E-state index in [4.69, 9.17) is 5.11 Å². The van der Waals surface area contributed by atoms with E-state index >= 15 is 0 Å². The van der Waals surface area contributed by atoms with Crippen molar-refractivity contribution in [1.29, 1.82) is 0 Å². The summed E-state index contributed by atoms with van der Waals surface area (Å²) in [5, 5.41) is 12.2. The third-order valence-corrected chi connectivity index (χ3v) is 2.29. The SMILES string of the molecule is CC[C@H](CO)NC1CCC1. The Labute approximate surface area is 62.6 Å². The molecule has 0 saturated heterocycles. The van der Waals surface area contributed by atoms with Gasteiger partial charge in [-0.3, -0.25) is 0 Å². The van der Waals surface area contributed by atoms with Crippen LogP contribution in [0.5, 0.6) is 0 Å². The van der Waals surface area contributed by atoms with Crippen LogP contribution in [0.25, 0.3) is 0 Å². The van der Waals surface area contributed by atoms with E-state index in [0.717, 1.165) is 6.42 Å². The number of aliphatic hydroxyl groups is 1. The Morgan fingerprint density at radius 3 is 2.60 bits per heavy atom. The monoisotopic (exact) mass is 143 g/mol. The van der Waals surface area contributed by atoms with Crippen LogP contribution in [0.2, 0.25) is 0 Å². The Bertz CT molecular complexity index is 87.3. The number of rotatable bonds is 4. The van der Waals surface area contributed by atoms with E-state index in [0.29, 0.717) is 12.1 Å². The van der Waals surface area contributed by atoms with Gasteiger partial charge in [-0.15, -0.1) is 0 Å². The van der Waals surface area contributed by atoms with Crippen LogP contribution in [-0.2, 0) is 0 Å². The molecule has 0 unspecified atom stereocenters. The highest BCUT2D eigenvalue weighted by molar-refractivity contribution is 4.79. The molecule has 0 radical (unpaired) electrons. The van der Waals surface area contributed by atoms with Gasteiger partial charge in [0.05, 0.1) is 6.61 Å². The van der Waals surface area contributed by atoms with Gasteiger partial charge < -0.3 is 10.4 Å². The van der Waals surface area contributed by atoms with Gasteiger partial charge in [-0.1, -0.05) is 13.3 Å². The largest absolute Gasteiger partial charge is 0.395 e. The number of nitrogens with one attached hydrogen (secondary N) is 1. The van der Waals surface area contributed by atoms with E-state index in [-0.39, 0.29) is 6.61 Å². The second kappa shape index (κ2) is 3.94. The lowest BCUT2D eigenvalue weighted by atomic mass is 9.92. The first-order chi connectivity index (χ1) is 4.86. The maximum Gasteiger partial charge on any atom is 0.0584 e. The molecule has 0 bridgehead atoms. The molecule has 0 spiro atoms. The van der Waals surface area contributed by atoms with Crippen molar-refractivity contribution in [1.82, 2.24) is 5.32 Å². The molecule has 0 amide bonds. The smallest absolute Gasteiger partial charge is 0.0584 e. The molecule has 0 aromatic carbocycles. The van der Waals surface area contributed by atoms with E-state index < -0.39 is 0 Å². The maximum atomic E-state index is 8.83. The number of aliphatic hydroxyl groups excluding tert-OH is 1. The Morgan fingerprint density at radius 2 is 2.30 bits per heavy atom. The van der Waals surface area contributed by atoms with Gasteiger partial charge in [-0.05, 0) is 19.3 Å². The van der Waals surface area contributed by atoms with Crippen LogP contribution in [0.15, 0.2) is 0 Å². The predicted octanol–water partition coefficient (Wildman–Crippen LogP) is 0.899. The van der Waals surface area contributed by atoms with Gasteiger partial charge in [0, 0.05) is 12.1 Å². The molecule has 60 valence electrons. The van der Waals surface area contributed by atoms with Crippen molar-refractivity contribution in [2.24, 2.45) is 0 Å². The molecule has 2 N–H and O–H groups in total. The van der Waals surface area contributed by atoms with Crippen molar-refractivity contribution in [2.75, 3.05) is 6.61 Å². The van der Waals surface area contributed by atoms with Gasteiger partial charge >= 0.3 is 0 Å². The van der Waals surface area contributed by atoms with Crippen LogP contribution in [-0.4, -0.2) is 23.8 Å². The zero-order chi connectivity index (χ0) is 7.40. The molecule has 2 nitrogen and oxygen atoms in total. The molecule has 1 rings (SSSR count). The van der Waals surface area contributed by atoms with Crippen LogP contribution in [0.1, 0.15) is 32.6 Å². The molecule has 0 aliphatic heterocycles. The fraction of sp³-hybridized carbons (Fsp3) is 1.00. The van der Waals surface area contributed by atoms with Crippen molar-refractivity contribution in [3.05, 3.63) is 0 Å². The summed E-state index contributed by atoms with van der Waals surface area (Å²) < 4.78 is 0. The van der Waals surface area contributed by atoms with E-state index in [1.54, 1.807) is 0 Å². The van der Waals surface area contributed by atoms with Crippen molar-refractivity contribution in [3.8, 4) is 0 Å². The van der Waals surface area contributed by atoms with Gasteiger partial charge in [0.2, 0.25) is 0 Å². The molecule has 1 aliphatic rings. The Kier molecular flexibility index (Phi) is 3.16. The molecule has 1 saturated carbocycles. The van der Waals surface area contributed by atoms with Crippen LogP contribution in [0.4, 0.5) is 0 Å². The van der Waals surface area contributed by atoms with E-state index in [1.807, 2.05) is 0 Å². The fourth-order valence-electron chi connectivity index (χ4n) is 1.21. The van der Waals surface area contributed by atoms with E-state index in [1.165, 1.54) is 19.3 Å². The number of hydrogen-bond acceptors (Lipinski definition) is 2. The quantitative estimate of drug-likeness (QED) is 0.613. The standard InChI is InChI=1S/C8H17NO/c1-2-7(6-10)9-8-4-3-5-8/h7-10H,2-6H2,1H3/t7-/m1/s1. The minimum Gasteiger partial charge on any atom is -0.395 e. The first-order valence-electron chi connectivity index (χ1n) is 4.23. The second-order valence-corrected chi connectivity index (χ2v) is 3.08. The predicted molar refractivity (Wildman–Crippen MR) is 41.9 cm³/mol. The third kappa shape index (κ3) is 1.96. The average molecular weight is 143 g/mol. The zero-order valence-electron chi connectivity index (χ0n) is 6.64. The normalized spacial score (nSPS) is 22.2. The molecule has 0 aromatic heterocycles. The van der Waals surface area contributed by atoms with Crippen LogP contribution in [0.3, 0.4) is 0 Å². The summed E-state index contributed by atoms with van der Waals surface area (Å²) >= 11 is 0. The van der Waals surface area contributed by atoms with Crippen LogP contribution in [0, 0.1) is 0 Å². The molecular formula is C8H17NO. The summed E-state index contributed by atoms with van der Waals surface area (Å²) in [6.45, 7) is 2.39. The van der Waals surface area contributed by atoms with Crippen molar-refractivity contribution < 1.29 is 5.11 Å². The minimum absolute atomic E-state index is 0.285. The molecular weight excluding hydrogens is 126 g/mol. The fourth-order valence-corrected chi connectivity index (χ4v) is 1.21. The summed E-state index contributed by atoms with van der Waals surface area (Å²) in [4.78, 5) is 0. The first-order valence-corrected chi connectivity index (χ1v) is 4.23. The van der Waals surface area contributed by atoms with Crippen LogP contribution < -0.4 is 5.32 Å². The summed E-state index contributed by atoms with van der Waals surface area (Å²) in [5.74, 6) is 0. The zero-order valence-corrected chi connectivity index (χ0v) is 6.64. The highest BCUT2D eigenvalue weighted by Crippen LogP contribution is 2.18. The van der Waals surface area contributed by atoms with Gasteiger partial charge in [0.25, 0.3) is 0 Å². The molecule has 1 aliphatic carbocycles. The third-order valence-electron chi connectivity index (χ3n) is 2.29. The lowest BCUT2D eigenvalue weighted by Gasteiger charge is -2.30. The lowest BCUT2D eigenvalue weighted by Crippen LogP contribution is -2.43. The van der Waals surface area contributed by atoms with Gasteiger partial charge in [0.1, 0.15) is 0 Å². The van der Waals surface area contributed by atoms with Crippen molar-refractivity contribution >= 4 is 0 Å². The second-order valence-electron chi connectivity index (χ2n) is 3.08. The van der Waals surface area contributed by atoms with Gasteiger partial charge in [-0.25, -0.2) is 0 Å². The first kappa shape index (κ1) is 8.02. The minimum atomic E-state index is 0.285. The highest BCUT2D eigenvalue weighted by Gasteiger charge is 2.19. The molecule has 10 heavy (non-hydrogen) atoms. The molecule has 1 atom stereocenters. The summed E-state index contributed by atoms with van der Waals surface area (Å²) in [5.41, 5.74) is 0. The molecule has 2 heteroatoms. The van der Waals surface area contributed by atoms with Crippen molar-refractivity contribution in [3.63, 3.8) is 0 Å². The van der Waals surface area contributed by atoms with Gasteiger partial charge in [-0.2, -0.15) is 0 Å². The Morgan fingerprint density at radius 1 is 1.60 bits per heavy atom. The number of hydrogen-bond donors (Lipinski definition) is 2. The Hall–Kier alpha value is -0.0800. The van der Waals surface area contributed by atoms with Gasteiger partial charge in [0.15, 0.2) is 0 Å². The average Bonchev–Trinajstić information content (AvgIpc) is 1.87. The molecule has 0 heterocycles. The highest BCUT2D eigenvalue weighted by atomic mass is 16.3. The topological polar surface area (TPSA) is 32.3 Å².